The van der Waals surface area contributed by atoms with E-state index in [1.807, 2.05) is 0 Å². The molecule has 99 heavy (non-hydrogen) atoms. The fourth-order valence-electron chi connectivity index (χ4n) is 12.3. The molecule has 17 nitrogen and oxygen atoms in total. The molecule has 588 valence electrons. The van der Waals surface area contributed by atoms with Crippen LogP contribution in [0.15, 0.2) is 0 Å². The lowest BCUT2D eigenvalue weighted by atomic mass is 9.99. The highest BCUT2D eigenvalue weighted by molar-refractivity contribution is 7.47. The van der Waals surface area contributed by atoms with Crippen LogP contribution < -0.4 is 0 Å². The molecule has 0 rings (SSSR count). The molecule has 0 aliphatic carbocycles. The number of ether oxygens (including phenoxy) is 4. The molecule has 0 aliphatic rings. The quantitative estimate of drug-likeness (QED) is 0.0222. The summed E-state index contributed by atoms with van der Waals surface area (Å²) in [5, 5.41) is 10.6. The van der Waals surface area contributed by atoms with Crippen molar-refractivity contribution in [2.45, 2.75) is 433 Å². The number of hydrogen-bond acceptors (Lipinski definition) is 15. The zero-order valence-electron chi connectivity index (χ0n) is 65.0. The second kappa shape index (κ2) is 70.4. The van der Waals surface area contributed by atoms with E-state index >= 15 is 0 Å². The maximum absolute atomic E-state index is 13.1. The summed E-state index contributed by atoms with van der Waals surface area (Å²) in [6.07, 6.45) is 58.4. The summed E-state index contributed by atoms with van der Waals surface area (Å²) in [7, 11) is -9.91. The molecule has 0 bridgehead atoms. The van der Waals surface area contributed by atoms with Gasteiger partial charge in [0, 0.05) is 25.7 Å². The average molecular weight is 1450 g/mol. The van der Waals surface area contributed by atoms with Crippen molar-refractivity contribution in [3.8, 4) is 0 Å². The zero-order chi connectivity index (χ0) is 73.0. The van der Waals surface area contributed by atoms with Crippen molar-refractivity contribution in [1.29, 1.82) is 0 Å². The fourth-order valence-corrected chi connectivity index (χ4v) is 13.9. The van der Waals surface area contributed by atoms with E-state index in [-0.39, 0.29) is 25.7 Å². The Hall–Kier alpha value is -1.94. The Bertz CT molecular complexity index is 1920. The van der Waals surface area contributed by atoms with Crippen molar-refractivity contribution >= 4 is 39.5 Å². The Morgan fingerprint density at radius 2 is 0.515 bits per heavy atom. The number of aliphatic hydroxyl groups is 1. The first-order valence-corrected chi connectivity index (χ1v) is 44.4. The lowest BCUT2D eigenvalue weighted by molar-refractivity contribution is -0.161. The Kier molecular flexibility index (Phi) is 69.0. The summed E-state index contributed by atoms with van der Waals surface area (Å²) < 4.78 is 68.6. The maximum atomic E-state index is 13.1. The molecule has 0 spiro atoms. The first-order valence-electron chi connectivity index (χ1n) is 41.4. The van der Waals surface area contributed by atoms with Crippen LogP contribution in [-0.4, -0.2) is 96.7 Å². The molecule has 0 fully saturated rings. The summed E-state index contributed by atoms with van der Waals surface area (Å²) >= 11 is 0. The summed E-state index contributed by atoms with van der Waals surface area (Å²) in [5.41, 5.74) is 0. The first-order chi connectivity index (χ1) is 47.8. The van der Waals surface area contributed by atoms with Gasteiger partial charge in [0.2, 0.25) is 0 Å². The van der Waals surface area contributed by atoms with Gasteiger partial charge in [0.05, 0.1) is 26.4 Å². The highest BCUT2D eigenvalue weighted by Gasteiger charge is 2.30. The average Bonchev–Trinajstić information content (AvgIpc) is 1.08. The van der Waals surface area contributed by atoms with Crippen molar-refractivity contribution in [3.05, 3.63) is 0 Å². The van der Waals surface area contributed by atoms with Crippen LogP contribution in [0.1, 0.15) is 414 Å². The van der Waals surface area contributed by atoms with Crippen LogP contribution in [-0.2, 0) is 65.4 Å². The third kappa shape index (κ3) is 72.8. The van der Waals surface area contributed by atoms with E-state index in [0.717, 1.165) is 108 Å². The predicted molar refractivity (Wildman–Crippen MR) is 405 cm³/mol. The molecule has 0 aromatic rings. The summed E-state index contributed by atoms with van der Waals surface area (Å²) in [6, 6.07) is 0. The van der Waals surface area contributed by atoms with Crippen molar-refractivity contribution in [1.82, 2.24) is 0 Å². The molecule has 0 aromatic carbocycles. The van der Waals surface area contributed by atoms with Gasteiger partial charge in [-0.3, -0.25) is 37.3 Å². The van der Waals surface area contributed by atoms with Crippen molar-refractivity contribution in [2.75, 3.05) is 39.6 Å². The highest BCUT2D eigenvalue weighted by atomic mass is 31.2. The van der Waals surface area contributed by atoms with E-state index in [2.05, 4.69) is 48.5 Å². The standard InChI is InChI=1S/C80H156O17P2/c1-8-10-11-12-13-30-40-47-54-61-77(82)90-67-76(97-80(85)64-57-50-43-36-35-38-45-52-59-72(5)6)70-95-99(88,89)93-66-74(81)65-92-98(86,87)94-69-75(68-91-78(83)62-55-48-41-33-28-24-21-20-22-26-31-37-44-51-58-71(3)4)96-79(84)63-56-49-42-34-29-25-19-17-15-14-16-18-23-27-32-39-46-53-60-73(7)9-2/h71-76,81H,8-70H2,1-7H3,(H,86,87)(H,88,89)/t73?,74-,75-,76-/m1/s1. The van der Waals surface area contributed by atoms with Crippen molar-refractivity contribution < 1.29 is 80.2 Å². The summed E-state index contributed by atoms with van der Waals surface area (Å²) in [6.45, 7) is 12.0. The molecular formula is C80H156O17P2. The molecule has 3 unspecified atom stereocenters. The number of phosphoric acid groups is 2. The van der Waals surface area contributed by atoms with Gasteiger partial charge in [-0.2, -0.15) is 0 Å². The van der Waals surface area contributed by atoms with Gasteiger partial charge in [-0.05, 0) is 43.4 Å². The van der Waals surface area contributed by atoms with Gasteiger partial charge in [-0.25, -0.2) is 9.13 Å². The Balaban J connectivity index is 5.19. The first kappa shape index (κ1) is 97.1. The molecule has 0 aromatic heterocycles. The van der Waals surface area contributed by atoms with E-state index in [4.69, 9.17) is 37.0 Å². The smallest absolute Gasteiger partial charge is 0.462 e. The fraction of sp³-hybridized carbons (Fsp3) is 0.950. The minimum absolute atomic E-state index is 0.104. The molecule has 0 saturated heterocycles. The van der Waals surface area contributed by atoms with Gasteiger partial charge in [0.1, 0.15) is 19.3 Å². The van der Waals surface area contributed by atoms with Crippen LogP contribution >= 0.6 is 15.6 Å². The molecule has 0 radical (unpaired) electrons. The highest BCUT2D eigenvalue weighted by Crippen LogP contribution is 2.45. The number of rotatable bonds is 78. The number of esters is 4. The summed E-state index contributed by atoms with van der Waals surface area (Å²) in [4.78, 5) is 72.9. The lowest BCUT2D eigenvalue weighted by Crippen LogP contribution is -2.30. The van der Waals surface area contributed by atoms with Gasteiger partial charge in [-0.15, -0.1) is 0 Å². The Morgan fingerprint density at radius 3 is 0.768 bits per heavy atom. The number of unbranched alkanes of at least 4 members (excludes halogenated alkanes) is 45. The molecular weight excluding hydrogens is 1290 g/mol. The number of phosphoric ester groups is 2. The molecule has 0 aliphatic heterocycles. The van der Waals surface area contributed by atoms with Crippen LogP contribution in [0.3, 0.4) is 0 Å². The van der Waals surface area contributed by atoms with Crippen LogP contribution in [0.2, 0.25) is 0 Å². The normalized spacial score (nSPS) is 14.3. The summed E-state index contributed by atoms with van der Waals surface area (Å²) in [5.74, 6) is 0.273. The minimum atomic E-state index is -4.96. The lowest BCUT2D eigenvalue weighted by Gasteiger charge is -2.21. The Labute approximate surface area is 607 Å². The molecule has 0 amide bonds. The van der Waals surface area contributed by atoms with Gasteiger partial charge in [0.25, 0.3) is 0 Å². The molecule has 19 heteroatoms. The molecule has 3 N–H and O–H groups in total. The minimum Gasteiger partial charge on any atom is -0.462 e. The number of aliphatic hydroxyl groups excluding tert-OH is 1. The maximum Gasteiger partial charge on any atom is 0.472 e. The van der Waals surface area contributed by atoms with Crippen molar-refractivity contribution in [3.63, 3.8) is 0 Å². The molecule has 6 atom stereocenters. The van der Waals surface area contributed by atoms with Crippen LogP contribution in [0.4, 0.5) is 0 Å². The molecule has 0 heterocycles. The van der Waals surface area contributed by atoms with Gasteiger partial charge in [0.15, 0.2) is 12.2 Å². The number of carbonyl (C=O) groups excluding carboxylic acids is 4. The number of hydrogen-bond donors (Lipinski definition) is 3. The van der Waals surface area contributed by atoms with Gasteiger partial charge in [-0.1, -0.05) is 363 Å². The third-order valence-electron chi connectivity index (χ3n) is 19.0. The largest absolute Gasteiger partial charge is 0.472 e. The van der Waals surface area contributed by atoms with Crippen molar-refractivity contribution in [2.24, 2.45) is 17.8 Å². The van der Waals surface area contributed by atoms with E-state index < -0.39 is 97.5 Å². The second-order valence-corrected chi connectivity index (χ2v) is 32.9. The van der Waals surface area contributed by atoms with E-state index in [9.17, 15) is 43.2 Å². The van der Waals surface area contributed by atoms with E-state index in [0.29, 0.717) is 25.7 Å². The predicted octanol–water partition coefficient (Wildman–Crippen LogP) is 23.7. The van der Waals surface area contributed by atoms with Gasteiger partial charge >= 0.3 is 39.5 Å². The monoisotopic (exact) mass is 1450 g/mol. The second-order valence-electron chi connectivity index (χ2n) is 30.0. The SMILES string of the molecule is CCCCCCCCCCCC(=O)OC[C@H](COP(=O)(O)OC[C@H](O)COP(=O)(O)OC[C@@H](COC(=O)CCCCCCCCCCCCCCCCC(C)C)OC(=O)CCCCCCCCCCCCCCCCCCCCC(C)CC)OC(=O)CCCCCCCCCCC(C)C. The molecule has 0 saturated carbocycles. The number of carbonyl (C=O) groups is 4. The van der Waals surface area contributed by atoms with E-state index in [1.165, 1.54) is 225 Å². The third-order valence-corrected chi connectivity index (χ3v) is 20.9. The van der Waals surface area contributed by atoms with Crippen LogP contribution in [0.5, 0.6) is 0 Å². The topological polar surface area (TPSA) is 237 Å². The van der Waals surface area contributed by atoms with Gasteiger partial charge < -0.3 is 33.8 Å². The van der Waals surface area contributed by atoms with Crippen LogP contribution in [0.25, 0.3) is 0 Å². The Morgan fingerprint density at radius 1 is 0.293 bits per heavy atom. The van der Waals surface area contributed by atoms with Crippen LogP contribution in [0, 0.1) is 17.8 Å². The zero-order valence-corrected chi connectivity index (χ0v) is 66.8. The van der Waals surface area contributed by atoms with E-state index in [1.54, 1.807) is 0 Å².